The van der Waals surface area contributed by atoms with Crippen molar-refractivity contribution in [2.75, 3.05) is 38.0 Å². The number of hydrogen-bond donors (Lipinski definition) is 1. The topological polar surface area (TPSA) is 43.8 Å². The van der Waals surface area contributed by atoms with Gasteiger partial charge in [-0.15, -0.1) is 17.0 Å². The third-order valence-corrected chi connectivity index (χ3v) is 3.66. The fourth-order valence-corrected chi connectivity index (χ4v) is 1.82. The summed E-state index contributed by atoms with van der Waals surface area (Å²) in [6, 6.07) is 16.6. The number of carboxylic acid groups (broad SMARTS) is 1. The Morgan fingerprint density at radius 1 is 0.793 bits per heavy atom. The highest BCUT2D eigenvalue weighted by Crippen LogP contribution is 2.13. The van der Waals surface area contributed by atoms with E-state index < -0.39 is 5.97 Å². The lowest BCUT2D eigenvalue weighted by Gasteiger charge is -2.11. The third-order valence-electron chi connectivity index (χ3n) is 3.66. The lowest BCUT2D eigenvalue weighted by atomic mass is 10.2. The number of anilines is 2. The number of nitrogens with zero attached hydrogens (tertiary/aromatic N) is 2. The average molecular weight is 461 g/mol. The first kappa shape index (κ1) is 28.4. The van der Waals surface area contributed by atoms with Crippen LogP contribution in [0.25, 0.3) is 12.2 Å². The van der Waals surface area contributed by atoms with Crippen LogP contribution in [0.2, 0.25) is 0 Å². The molecule has 0 atom stereocenters. The molecule has 0 saturated carbocycles. The number of rotatable bonds is 5. The van der Waals surface area contributed by atoms with Gasteiger partial charge in [-0.2, -0.15) is 0 Å². The van der Waals surface area contributed by atoms with Gasteiger partial charge < -0.3 is 14.9 Å². The van der Waals surface area contributed by atoms with E-state index in [0.717, 1.165) is 11.1 Å². The maximum absolute atomic E-state index is 9.60. The first-order valence-electron chi connectivity index (χ1n) is 8.80. The summed E-state index contributed by atoms with van der Waals surface area (Å²) < 4.78 is 0. The SMILES string of the molecule is Br.C=C(C)C(=O)O.C=Cc1ccc(N(C)C)cc1.C=Cc1ccc(N(C)C)cc1. The summed E-state index contributed by atoms with van der Waals surface area (Å²) in [6.45, 7) is 12.0. The van der Waals surface area contributed by atoms with Crippen LogP contribution in [0.4, 0.5) is 11.4 Å². The van der Waals surface area contributed by atoms with Gasteiger partial charge in [0.25, 0.3) is 0 Å². The van der Waals surface area contributed by atoms with Crippen molar-refractivity contribution in [1.82, 2.24) is 0 Å². The lowest BCUT2D eigenvalue weighted by Crippen LogP contribution is -2.07. The molecule has 0 aliphatic carbocycles. The summed E-state index contributed by atoms with van der Waals surface area (Å²) in [6.07, 6.45) is 3.69. The fraction of sp³-hybridized carbons (Fsp3) is 0.208. The van der Waals surface area contributed by atoms with Crippen molar-refractivity contribution in [1.29, 1.82) is 0 Å². The second kappa shape index (κ2) is 15.2. The zero-order valence-electron chi connectivity index (χ0n) is 18.1. The quantitative estimate of drug-likeness (QED) is 0.554. The van der Waals surface area contributed by atoms with E-state index >= 15 is 0 Å². The van der Waals surface area contributed by atoms with Crippen LogP contribution < -0.4 is 9.80 Å². The van der Waals surface area contributed by atoms with Crippen molar-refractivity contribution in [3.8, 4) is 0 Å². The molecular weight excluding hydrogens is 428 g/mol. The van der Waals surface area contributed by atoms with Crippen molar-refractivity contribution in [2.45, 2.75) is 6.92 Å². The average Bonchev–Trinajstić information content (AvgIpc) is 2.68. The molecule has 5 heteroatoms. The maximum Gasteiger partial charge on any atom is 0.330 e. The van der Waals surface area contributed by atoms with Crippen molar-refractivity contribution in [2.24, 2.45) is 0 Å². The van der Waals surface area contributed by atoms with Gasteiger partial charge in [-0.05, 0) is 42.3 Å². The molecule has 0 fully saturated rings. The first-order chi connectivity index (χ1) is 13.1. The second-order valence-corrected chi connectivity index (χ2v) is 6.47. The predicted octanol–water partition coefficient (Wildman–Crippen LogP) is 6.02. The van der Waals surface area contributed by atoms with Gasteiger partial charge in [-0.25, -0.2) is 4.79 Å². The number of hydrogen-bond acceptors (Lipinski definition) is 3. The van der Waals surface area contributed by atoms with E-state index in [1.54, 1.807) is 0 Å². The number of aliphatic carboxylic acids is 1. The standard InChI is InChI=1S/2C10H13N.C4H6O2.BrH/c2*1-4-9-5-7-10(8-6-9)11(2)3;1-3(2)4(5)6;/h2*4-8H,1H2,2-3H3;1H2,2H3,(H,5,6);1H. The fourth-order valence-electron chi connectivity index (χ4n) is 1.82. The van der Waals surface area contributed by atoms with Crippen LogP contribution in [-0.4, -0.2) is 39.3 Å². The molecule has 29 heavy (non-hydrogen) atoms. The van der Waals surface area contributed by atoms with Crippen LogP contribution in [0.3, 0.4) is 0 Å². The van der Waals surface area contributed by atoms with E-state index in [0.29, 0.717) is 0 Å². The number of halogens is 1. The Kier molecular flexibility index (Phi) is 14.9. The van der Waals surface area contributed by atoms with Crippen LogP contribution in [0.15, 0.2) is 73.8 Å². The molecule has 0 bridgehead atoms. The number of benzene rings is 2. The normalized spacial score (nSPS) is 8.59. The molecule has 4 nitrogen and oxygen atoms in total. The first-order valence-corrected chi connectivity index (χ1v) is 8.80. The number of carbonyl (C=O) groups is 1. The summed E-state index contributed by atoms with van der Waals surface area (Å²) in [5.41, 5.74) is 4.94. The van der Waals surface area contributed by atoms with Gasteiger partial charge in [0.1, 0.15) is 0 Å². The van der Waals surface area contributed by atoms with Gasteiger partial charge in [-0.3, -0.25) is 0 Å². The van der Waals surface area contributed by atoms with Crippen LogP contribution in [-0.2, 0) is 4.79 Å². The predicted molar refractivity (Wildman–Crippen MR) is 134 cm³/mol. The van der Waals surface area contributed by atoms with Crippen LogP contribution >= 0.6 is 17.0 Å². The maximum atomic E-state index is 9.60. The molecule has 2 aromatic carbocycles. The Balaban J connectivity index is 0. The smallest absolute Gasteiger partial charge is 0.330 e. The Hall–Kier alpha value is -2.79. The molecule has 0 unspecified atom stereocenters. The molecule has 2 rings (SSSR count). The molecule has 0 radical (unpaired) electrons. The largest absolute Gasteiger partial charge is 0.478 e. The summed E-state index contributed by atoms with van der Waals surface area (Å²) in [5, 5.41) is 7.89. The van der Waals surface area contributed by atoms with E-state index in [9.17, 15) is 4.79 Å². The van der Waals surface area contributed by atoms with E-state index in [2.05, 4.69) is 78.1 Å². The van der Waals surface area contributed by atoms with Crippen LogP contribution in [0.1, 0.15) is 18.1 Å². The molecular formula is C24H33BrN2O2. The summed E-state index contributed by atoms with van der Waals surface area (Å²) in [7, 11) is 8.12. The minimum absolute atomic E-state index is 0. The highest BCUT2D eigenvalue weighted by Gasteiger charge is 1.93. The summed E-state index contributed by atoms with van der Waals surface area (Å²) in [4.78, 5) is 13.8. The summed E-state index contributed by atoms with van der Waals surface area (Å²) in [5.74, 6) is -0.935. The Morgan fingerprint density at radius 2 is 1.03 bits per heavy atom. The number of carboxylic acids is 1. The molecule has 0 heterocycles. The molecule has 0 spiro atoms. The second-order valence-electron chi connectivity index (χ2n) is 6.47. The molecule has 0 aliphatic rings. The van der Waals surface area contributed by atoms with E-state index in [4.69, 9.17) is 5.11 Å². The lowest BCUT2D eigenvalue weighted by molar-refractivity contribution is -0.132. The zero-order valence-corrected chi connectivity index (χ0v) is 19.8. The molecule has 2 aromatic rings. The van der Waals surface area contributed by atoms with Crippen molar-refractivity contribution in [3.05, 3.63) is 85.0 Å². The highest BCUT2D eigenvalue weighted by atomic mass is 79.9. The Labute approximate surface area is 186 Å². The van der Waals surface area contributed by atoms with E-state index in [-0.39, 0.29) is 22.6 Å². The summed E-state index contributed by atoms with van der Waals surface area (Å²) >= 11 is 0. The molecule has 158 valence electrons. The monoisotopic (exact) mass is 460 g/mol. The van der Waals surface area contributed by atoms with Gasteiger partial charge >= 0.3 is 5.97 Å². The molecule has 0 amide bonds. The van der Waals surface area contributed by atoms with Gasteiger partial charge in [0, 0.05) is 45.1 Å². The van der Waals surface area contributed by atoms with Gasteiger partial charge in [0.2, 0.25) is 0 Å². The zero-order chi connectivity index (χ0) is 21.7. The third kappa shape index (κ3) is 12.3. The Morgan fingerprint density at radius 3 is 1.17 bits per heavy atom. The van der Waals surface area contributed by atoms with E-state index in [1.165, 1.54) is 18.3 Å². The van der Waals surface area contributed by atoms with Gasteiger partial charge in [-0.1, -0.05) is 56.2 Å². The van der Waals surface area contributed by atoms with Crippen molar-refractivity contribution in [3.63, 3.8) is 0 Å². The minimum Gasteiger partial charge on any atom is -0.478 e. The molecule has 0 saturated heterocycles. The Bertz CT molecular complexity index is 697. The molecule has 0 aromatic heterocycles. The molecule has 0 aliphatic heterocycles. The van der Waals surface area contributed by atoms with Crippen LogP contribution in [0, 0.1) is 0 Å². The molecule has 1 N–H and O–H groups in total. The minimum atomic E-state index is -0.935. The van der Waals surface area contributed by atoms with Crippen LogP contribution in [0.5, 0.6) is 0 Å². The van der Waals surface area contributed by atoms with Gasteiger partial charge in [0.05, 0.1) is 0 Å². The van der Waals surface area contributed by atoms with Gasteiger partial charge in [0.15, 0.2) is 0 Å². The van der Waals surface area contributed by atoms with E-state index in [1.807, 2.05) is 40.3 Å². The van der Waals surface area contributed by atoms with Crippen molar-refractivity contribution >= 4 is 46.5 Å². The van der Waals surface area contributed by atoms with Crippen molar-refractivity contribution < 1.29 is 9.90 Å². The highest BCUT2D eigenvalue weighted by molar-refractivity contribution is 8.93.